The van der Waals surface area contributed by atoms with Crippen molar-refractivity contribution >= 4 is 47.5 Å². The third-order valence-corrected chi connectivity index (χ3v) is 11.2. The van der Waals surface area contributed by atoms with E-state index in [4.69, 9.17) is 9.57 Å². The number of likely N-dealkylation sites (tertiary alicyclic amines) is 1. The molecule has 1 saturated carbocycles. The largest absolute Gasteiger partial charge is 0.508 e. The molecule has 0 bridgehead atoms. The molecule has 54 heavy (non-hydrogen) atoms. The highest BCUT2D eigenvalue weighted by atomic mass is 32.2. The fourth-order valence-electron chi connectivity index (χ4n) is 7.28. The number of alkyl carbamates (subject to hydrolysis) is 1. The van der Waals surface area contributed by atoms with Crippen LogP contribution in [-0.4, -0.2) is 99.9 Å². The van der Waals surface area contributed by atoms with Gasteiger partial charge in [-0.15, -0.1) is 16.8 Å². The zero-order valence-corrected chi connectivity index (χ0v) is 32.1. The van der Waals surface area contributed by atoms with Crippen LogP contribution in [0, 0.1) is 18.8 Å². The monoisotopic (exact) mass is 765 g/mol. The number of thioether (sulfide) groups is 1. The van der Waals surface area contributed by atoms with Gasteiger partial charge >= 0.3 is 12.1 Å². The SMILES string of the molecule is Cc1c(O)cccc1C(=O)N[C@@H](CSc1ccccc1)[C@@H](CN1C[C@H]2CCCC[C@H]2C[C@H]1C(=O)NC(C)(C)C)OC(=O)NCC(=O)ON1C(=O)CCC1=O. The molecule has 0 unspecified atom stereocenters. The van der Waals surface area contributed by atoms with Crippen LogP contribution < -0.4 is 16.0 Å². The molecule has 2 heterocycles. The van der Waals surface area contributed by atoms with Crippen LogP contribution in [0.25, 0.3) is 0 Å². The summed E-state index contributed by atoms with van der Waals surface area (Å²) in [6, 6.07) is 12.8. The summed E-state index contributed by atoms with van der Waals surface area (Å²) in [5.41, 5.74) is 0.140. The maximum atomic E-state index is 13.9. The maximum Gasteiger partial charge on any atom is 0.408 e. The minimum absolute atomic E-state index is 0.0442. The van der Waals surface area contributed by atoms with Crippen LogP contribution in [0.3, 0.4) is 0 Å². The Morgan fingerprint density at radius 1 is 0.963 bits per heavy atom. The molecule has 0 radical (unpaired) electrons. The number of amides is 5. The fourth-order valence-corrected chi connectivity index (χ4v) is 8.30. The highest BCUT2D eigenvalue weighted by Gasteiger charge is 2.43. The van der Waals surface area contributed by atoms with Gasteiger partial charge in [-0.25, -0.2) is 9.59 Å². The first-order chi connectivity index (χ1) is 25.7. The lowest BCUT2D eigenvalue weighted by Gasteiger charge is -2.47. The quantitative estimate of drug-likeness (QED) is 0.170. The average Bonchev–Trinajstić information content (AvgIpc) is 3.44. The van der Waals surface area contributed by atoms with Gasteiger partial charge in [-0.05, 0) is 76.6 Å². The van der Waals surface area contributed by atoms with Gasteiger partial charge < -0.3 is 30.6 Å². The van der Waals surface area contributed by atoms with Crippen molar-refractivity contribution in [2.24, 2.45) is 11.8 Å². The van der Waals surface area contributed by atoms with E-state index < -0.39 is 60.1 Å². The van der Waals surface area contributed by atoms with Crippen molar-refractivity contribution in [2.45, 2.75) is 101 Å². The molecule has 5 amide bonds. The Morgan fingerprint density at radius 2 is 1.65 bits per heavy atom. The first-order valence-corrected chi connectivity index (χ1v) is 19.5. The zero-order valence-electron chi connectivity index (χ0n) is 31.3. The van der Waals surface area contributed by atoms with E-state index in [9.17, 15) is 33.9 Å². The molecule has 5 rings (SSSR count). The maximum absolute atomic E-state index is 13.9. The zero-order chi connectivity index (χ0) is 39.0. The third kappa shape index (κ3) is 11.0. The number of rotatable bonds is 13. The Hall–Kier alpha value is -4.63. The first-order valence-electron chi connectivity index (χ1n) is 18.5. The predicted molar refractivity (Wildman–Crippen MR) is 200 cm³/mol. The van der Waals surface area contributed by atoms with E-state index in [0.717, 1.165) is 30.6 Å². The van der Waals surface area contributed by atoms with Gasteiger partial charge in [-0.2, -0.15) is 0 Å². The Labute approximate surface area is 320 Å². The Morgan fingerprint density at radius 3 is 2.33 bits per heavy atom. The number of hydroxylamine groups is 2. The van der Waals surface area contributed by atoms with E-state index in [0.29, 0.717) is 35.4 Å². The van der Waals surface area contributed by atoms with E-state index in [1.807, 2.05) is 51.1 Å². The number of ether oxygens (including phenoxy) is 1. The second-order valence-electron chi connectivity index (χ2n) is 15.2. The molecule has 4 N–H and O–H groups in total. The summed E-state index contributed by atoms with van der Waals surface area (Å²) in [4.78, 5) is 85.6. The molecular formula is C39H51N5O9S. The second-order valence-corrected chi connectivity index (χ2v) is 16.3. The smallest absolute Gasteiger partial charge is 0.408 e. The molecular weight excluding hydrogens is 715 g/mol. The lowest BCUT2D eigenvalue weighted by molar-refractivity contribution is -0.196. The molecule has 2 aliphatic heterocycles. The summed E-state index contributed by atoms with van der Waals surface area (Å²) in [5, 5.41) is 19.3. The normalized spacial score (nSPS) is 21.4. The molecule has 5 atom stereocenters. The number of imide groups is 1. The summed E-state index contributed by atoms with van der Waals surface area (Å²) in [6.45, 7) is 7.38. The number of carbonyl (C=O) groups is 6. The number of benzene rings is 2. The van der Waals surface area contributed by atoms with Crippen molar-refractivity contribution in [2.75, 3.05) is 25.4 Å². The van der Waals surface area contributed by atoms with Crippen LogP contribution in [0.15, 0.2) is 53.4 Å². The number of piperidine rings is 1. The van der Waals surface area contributed by atoms with Crippen LogP contribution in [0.1, 0.15) is 81.6 Å². The number of nitrogens with zero attached hydrogens (tertiary/aromatic N) is 2. The standard InChI is InChI=1S/C39H51N5O9S/c1-24-28(15-10-16-31(24)45)36(49)41-29(23-54-27-13-6-5-7-14-27)32(52-38(51)40-20-35(48)53-44-33(46)17-18-34(44)47)22-43-21-26-12-9-8-11-25(26)19-30(43)37(50)42-39(2,3)4/h5-7,10,13-16,25-26,29-30,32,45H,8-9,11-12,17-23H2,1-4H3,(H,40,51)(H,41,49)(H,42,50)/t25-,26+,29-,30-,32+/m0/s1. The molecule has 3 aliphatic rings. The molecule has 0 aromatic heterocycles. The van der Waals surface area contributed by atoms with Crippen molar-refractivity contribution < 1.29 is 43.4 Å². The number of phenolic OH excluding ortho intramolecular Hbond substituents is 1. The predicted octanol–water partition coefficient (Wildman–Crippen LogP) is 4.09. The lowest BCUT2D eigenvalue weighted by atomic mass is 9.72. The number of phenols is 1. The topological polar surface area (TPSA) is 184 Å². The van der Waals surface area contributed by atoms with Crippen LogP contribution in [-0.2, 0) is 28.8 Å². The number of aromatic hydroxyl groups is 1. The number of hydrogen-bond acceptors (Lipinski definition) is 11. The Kier molecular flexibility index (Phi) is 13.6. The molecule has 2 aromatic carbocycles. The van der Waals surface area contributed by atoms with Gasteiger partial charge in [0, 0.05) is 53.2 Å². The highest BCUT2D eigenvalue weighted by molar-refractivity contribution is 7.99. The second kappa shape index (κ2) is 18.1. The summed E-state index contributed by atoms with van der Waals surface area (Å²) in [6.07, 6.45) is 2.72. The van der Waals surface area contributed by atoms with Crippen molar-refractivity contribution in [3.63, 3.8) is 0 Å². The van der Waals surface area contributed by atoms with Gasteiger partial charge in [0.25, 0.3) is 17.7 Å². The third-order valence-electron chi connectivity index (χ3n) is 10.0. The van der Waals surface area contributed by atoms with Crippen molar-refractivity contribution in [1.29, 1.82) is 0 Å². The van der Waals surface area contributed by atoms with E-state index in [1.165, 1.54) is 17.8 Å². The molecule has 292 valence electrons. The number of fused-ring (bicyclic) bond motifs is 1. The fraction of sp³-hybridized carbons (Fsp3) is 0.538. The molecule has 3 fully saturated rings. The molecule has 14 nitrogen and oxygen atoms in total. The van der Waals surface area contributed by atoms with Gasteiger partial charge in [-0.3, -0.25) is 24.1 Å². The van der Waals surface area contributed by atoms with Crippen LogP contribution in [0.4, 0.5) is 4.79 Å². The summed E-state index contributed by atoms with van der Waals surface area (Å²) < 4.78 is 6.07. The van der Waals surface area contributed by atoms with Crippen LogP contribution in [0.2, 0.25) is 0 Å². The first kappa shape index (κ1) is 40.6. The van der Waals surface area contributed by atoms with Gasteiger partial charge in [0.15, 0.2) is 0 Å². The minimum atomic E-state index is -1.05. The van der Waals surface area contributed by atoms with Crippen molar-refractivity contribution in [3.05, 3.63) is 59.7 Å². The lowest BCUT2D eigenvalue weighted by Crippen LogP contribution is -2.61. The molecule has 1 aliphatic carbocycles. The highest BCUT2D eigenvalue weighted by Crippen LogP contribution is 2.39. The van der Waals surface area contributed by atoms with Crippen LogP contribution in [0.5, 0.6) is 5.75 Å². The van der Waals surface area contributed by atoms with Crippen molar-refractivity contribution in [3.8, 4) is 5.75 Å². The van der Waals surface area contributed by atoms with E-state index in [1.54, 1.807) is 19.1 Å². The summed E-state index contributed by atoms with van der Waals surface area (Å²) >= 11 is 1.44. The number of carbonyl (C=O) groups excluding carboxylic acids is 6. The molecule has 2 saturated heterocycles. The van der Waals surface area contributed by atoms with Gasteiger partial charge in [0.1, 0.15) is 18.4 Å². The van der Waals surface area contributed by atoms with Crippen LogP contribution >= 0.6 is 11.8 Å². The summed E-state index contributed by atoms with van der Waals surface area (Å²) in [7, 11) is 0. The molecule has 2 aromatic rings. The Balaban J connectivity index is 1.43. The van der Waals surface area contributed by atoms with Gasteiger partial charge in [0.2, 0.25) is 5.91 Å². The van der Waals surface area contributed by atoms with Gasteiger partial charge in [0.05, 0.1) is 12.1 Å². The molecule has 15 heteroatoms. The average molecular weight is 766 g/mol. The summed E-state index contributed by atoms with van der Waals surface area (Å²) in [5.74, 6) is -2.03. The minimum Gasteiger partial charge on any atom is -0.508 e. The molecule has 0 spiro atoms. The van der Waals surface area contributed by atoms with E-state index in [2.05, 4.69) is 20.9 Å². The number of hydrogen-bond donors (Lipinski definition) is 4. The van der Waals surface area contributed by atoms with E-state index in [-0.39, 0.29) is 42.4 Å². The van der Waals surface area contributed by atoms with E-state index >= 15 is 0 Å². The van der Waals surface area contributed by atoms with Crippen molar-refractivity contribution in [1.82, 2.24) is 25.9 Å². The number of nitrogens with one attached hydrogen (secondary N) is 3. The van der Waals surface area contributed by atoms with Gasteiger partial charge in [-0.1, -0.05) is 43.5 Å². The Bertz CT molecular complexity index is 1680.